The van der Waals surface area contributed by atoms with Crippen LogP contribution in [-0.4, -0.2) is 22.4 Å². The summed E-state index contributed by atoms with van der Waals surface area (Å²) in [6, 6.07) is 5.04. The minimum Gasteiger partial charge on any atom is -0.508 e. The van der Waals surface area contributed by atoms with Crippen molar-refractivity contribution in [3.8, 4) is 23.0 Å². The van der Waals surface area contributed by atoms with E-state index in [4.69, 9.17) is 9.15 Å². The van der Waals surface area contributed by atoms with Gasteiger partial charge in [-0.2, -0.15) is 0 Å². The number of methoxy groups -OCH3 is 1. The number of aromatic hydroxyl groups is 3. The Bertz CT molecular complexity index is 894. The van der Waals surface area contributed by atoms with E-state index in [1.54, 1.807) is 0 Å². The van der Waals surface area contributed by atoms with Gasteiger partial charge in [0.05, 0.1) is 12.5 Å². The predicted octanol–water partition coefficient (Wildman–Crippen LogP) is 2.07. The lowest BCUT2D eigenvalue weighted by Gasteiger charge is -2.09. The van der Waals surface area contributed by atoms with E-state index in [-0.39, 0.29) is 39.2 Å². The Hall–Kier alpha value is -2.89. The van der Waals surface area contributed by atoms with E-state index >= 15 is 0 Å². The third kappa shape index (κ3) is 1.55. The zero-order valence-corrected chi connectivity index (χ0v) is 10.4. The van der Waals surface area contributed by atoms with Crippen molar-refractivity contribution in [2.24, 2.45) is 0 Å². The van der Waals surface area contributed by atoms with Gasteiger partial charge < -0.3 is 24.5 Å². The minimum atomic E-state index is -0.475. The van der Waals surface area contributed by atoms with Crippen LogP contribution >= 0.6 is 0 Å². The Balaban J connectivity index is 2.63. The molecule has 3 aromatic rings. The Morgan fingerprint density at radius 1 is 1.10 bits per heavy atom. The molecule has 0 aliphatic carbocycles. The summed E-state index contributed by atoms with van der Waals surface area (Å²) in [6.07, 6.45) is 0. The van der Waals surface area contributed by atoms with Crippen molar-refractivity contribution in [3.63, 3.8) is 0 Å². The largest absolute Gasteiger partial charge is 0.508 e. The maximum Gasteiger partial charge on any atom is 0.204 e. The maximum absolute atomic E-state index is 12.4. The number of rotatable bonds is 1. The van der Waals surface area contributed by atoms with Gasteiger partial charge in [-0.1, -0.05) is 0 Å². The van der Waals surface area contributed by atoms with Crippen LogP contribution in [0.15, 0.2) is 33.5 Å². The van der Waals surface area contributed by atoms with Crippen molar-refractivity contribution in [3.05, 3.63) is 34.5 Å². The summed E-state index contributed by atoms with van der Waals surface area (Å²) in [7, 11) is 1.30. The van der Waals surface area contributed by atoms with Gasteiger partial charge in [-0.05, 0) is 12.1 Å². The molecule has 0 fully saturated rings. The van der Waals surface area contributed by atoms with Crippen LogP contribution in [0.3, 0.4) is 0 Å². The molecule has 102 valence electrons. The fourth-order valence-electron chi connectivity index (χ4n) is 2.16. The Morgan fingerprint density at radius 3 is 2.55 bits per heavy atom. The highest BCUT2D eigenvalue weighted by Crippen LogP contribution is 2.40. The molecular formula is C14H10O6. The molecule has 0 aliphatic heterocycles. The van der Waals surface area contributed by atoms with E-state index in [1.807, 2.05) is 0 Å². The van der Waals surface area contributed by atoms with E-state index in [2.05, 4.69) is 0 Å². The molecule has 3 N–H and O–H groups in total. The van der Waals surface area contributed by atoms with Crippen molar-refractivity contribution >= 4 is 21.9 Å². The highest BCUT2D eigenvalue weighted by atomic mass is 16.5. The van der Waals surface area contributed by atoms with Crippen LogP contribution in [0, 0.1) is 0 Å². The van der Waals surface area contributed by atoms with Crippen LogP contribution in [-0.2, 0) is 0 Å². The lowest BCUT2D eigenvalue weighted by molar-refractivity contribution is 0.368. The molecule has 0 aliphatic rings. The summed E-state index contributed by atoms with van der Waals surface area (Å²) in [4.78, 5) is 12.4. The summed E-state index contributed by atoms with van der Waals surface area (Å²) in [5, 5.41) is 29.1. The lowest BCUT2D eigenvalue weighted by atomic mass is 10.1. The third-order valence-electron chi connectivity index (χ3n) is 3.05. The highest BCUT2D eigenvalue weighted by molar-refractivity contribution is 5.97. The average Bonchev–Trinajstić information content (AvgIpc) is 2.38. The van der Waals surface area contributed by atoms with Gasteiger partial charge >= 0.3 is 0 Å². The number of phenolic OH excluding ortho intramolecular Hbond substituents is 3. The second kappa shape index (κ2) is 4.06. The molecule has 0 spiro atoms. The summed E-state index contributed by atoms with van der Waals surface area (Å²) in [6.45, 7) is 0. The number of fused-ring (bicyclic) bond motifs is 2. The summed E-state index contributed by atoms with van der Waals surface area (Å²) >= 11 is 0. The van der Waals surface area contributed by atoms with E-state index in [0.717, 1.165) is 6.07 Å². The average molecular weight is 274 g/mol. The summed E-state index contributed by atoms with van der Waals surface area (Å²) in [5.74, 6) is -0.870. The van der Waals surface area contributed by atoms with Crippen LogP contribution in [0.2, 0.25) is 0 Å². The number of hydrogen-bond donors (Lipinski definition) is 3. The molecule has 1 heterocycles. The van der Waals surface area contributed by atoms with Crippen LogP contribution in [0.4, 0.5) is 0 Å². The van der Waals surface area contributed by atoms with Gasteiger partial charge in [0.1, 0.15) is 22.5 Å². The number of phenols is 3. The molecule has 0 unspecified atom stereocenters. The lowest BCUT2D eigenvalue weighted by Crippen LogP contribution is -2.03. The van der Waals surface area contributed by atoms with E-state index < -0.39 is 11.2 Å². The molecule has 6 nitrogen and oxygen atoms in total. The van der Waals surface area contributed by atoms with Gasteiger partial charge in [0.25, 0.3) is 0 Å². The first-order chi connectivity index (χ1) is 9.52. The van der Waals surface area contributed by atoms with Crippen LogP contribution < -0.4 is 10.2 Å². The second-order valence-electron chi connectivity index (χ2n) is 4.26. The Morgan fingerprint density at radius 2 is 1.85 bits per heavy atom. The van der Waals surface area contributed by atoms with Gasteiger partial charge in [0, 0.05) is 12.1 Å². The maximum atomic E-state index is 12.4. The predicted molar refractivity (Wildman–Crippen MR) is 71.5 cm³/mol. The zero-order chi connectivity index (χ0) is 14.4. The van der Waals surface area contributed by atoms with Crippen molar-refractivity contribution < 1.29 is 24.5 Å². The normalized spacial score (nSPS) is 11.1. The third-order valence-corrected chi connectivity index (χ3v) is 3.05. The number of hydrogen-bond acceptors (Lipinski definition) is 6. The molecule has 0 atom stereocenters. The van der Waals surface area contributed by atoms with Gasteiger partial charge in [-0.15, -0.1) is 0 Å². The Kier molecular flexibility index (Phi) is 2.47. The quantitative estimate of drug-likeness (QED) is 0.587. The molecule has 3 rings (SSSR count). The molecule has 0 amide bonds. The van der Waals surface area contributed by atoms with E-state index in [0.29, 0.717) is 0 Å². The molecule has 6 heteroatoms. The fourth-order valence-corrected chi connectivity index (χ4v) is 2.16. The molecule has 2 aromatic carbocycles. The number of ether oxygens (including phenoxy) is 1. The summed E-state index contributed by atoms with van der Waals surface area (Å²) < 4.78 is 10.5. The summed E-state index contributed by atoms with van der Waals surface area (Å²) in [5.41, 5.74) is -0.420. The fraction of sp³-hybridized carbons (Fsp3) is 0.0714. The number of benzene rings is 2. The van der Waals surface area contributed by atoms with Gasteiger partial charge in [0.2, 0.25) is 11.2 Å². The standard InChI is InChI=1S/C14H10O6/c1-19-13-9(17)5-8(16)11-12(18)7-3-2-6(15)4-10(7)20-14(11)13/h2-5,15-17H,1H3. The molecule has 0 bridgehead atoms. The smallest absolute Gasteiger partial charge is 0.204 e. The Labute approximate surface area is 112 Å². The van der Waals surface area contributed by atoms with Crippen LogP contribution in [0.25, 0.3) is 21.9 Å². The highest BCUT2D eigenvalue weighted by Gasteiger charge is 2.19. The van der Waals surface area contributed by atoms with E-state index in [1.165, 1.54) is 25.3 Å². The molecular weight excluding hydrogens is 264 g/mol. The van der Waals surface area contributed by atoms with Crippen molar-refractivity contribution in [1.29, 1.82) is 0 Å². The molecule has 0 radical (unpaired) electrons. The minimum absolute atomic E-state index is 0.0554. The molecule has 20 heavy (non-hydrogen) atoms. The first-order valence-corrected chi connectivity index (χ1v) is 5.71. The second-order valence-corrected chi connectivity index (χ2v) is 4.26. The van der Waals surface area contributed by atoms with Gasteiger partial charge in [-0.3, -0.25) is 4.79 Å². The molecule has 0 saturated heterocycles. The van der Waals surface area contributed by atoms with Gasteiger partial charge in [-0.25, -0.2) is 0 Å². The first-order valence-electron chi connectivity index (χ1n) is 5.71. The van der Waals surface area contributed by atoms with Crippen molar-refractivity contribution in [1.82, 2.24) is 0 Å². The molecule has 1 aromatic heterocycles. The monoisotopic (exact) mass is 274 g/mol. The SMILES string of the molecule is COc1c(O)cc(O)c2c(=O)c3ccc(O)cc3oc12. The molecule has 0 saturated carbocycles. The van der Waals surface area contributed by atoms with Crippen LogP contribution in [0.5, 0.6) is 23.0 Å². The van der Waals surface area contributed by atoms with Gasteiger partial charge in [0.15, 0.2) is 11.3 Å². The topological polar surface area (TPSA) is 100 Å². The van der Waals surface area contributed by atoms with E-state index in [9.17, 15) is 20.1 Å². The zero-order valence-electron chi connectivity index (χ0n) is 10.4. The first kappa shape index (κ1) is 12.2. The van der Waals surface area contributed by atoms with Crippen molar-refractivity contribution in [2.75, 3.05) is 7.11 Å². The van der Waals surface area contributed by atoms with Crippen LogP contribution in [0.1, 0.15) is 0 Å². The van der Waals surface area contributed by atoms with Crippen molar-refractivity contribution in [2.45, 2.75) is 0 Å².